The minimum atomic E-state index is -0.963. The number of carbonyl (C=O) groups excluding carboxylic acids is 3. The molecule has 1 fully saturated rings. The van der Waals surface area contributed by atoms with Crippen LogP contribution in [0.3, 0.4) is 0 Å². The van der Waals surface area contributed by atoms with E-state index in [-0.39, 0.29) is 27.9 Å². The Labute approximate surface area is 220 Å². The second kappa shape index (κ2) is 10.6. The third kappa shape index (κ3) is 4.78. The number of thiazole rings is 1. The number of aliphatic hydroxyl groups is 1. The summed E-state index contributed by atoms with van der Waals surface area (Å²) in [6, 6.07) is 12.7. The zero-order valence-corrected chi connectivity index (χ0v) is 22.2. The molecule has 4 rings (SSSR count). The van der Waals surface area contributed by atoms with Crippen molar-refractivity contribution in [2.24, 2.45) is 0 Å². The number of halogens is 1. The number of amides is 1. The number of aryl methyl sites for hydroxylation is 1. The first-order valence-corrected chi connectivity index (χ1v) is 12.8. The summed E-state index contributed by atoms with van der Waals surface area (Å²) < 4.78 is 11.3. The lowest BCUT2D eigenvalue weighted by molar-refractivity contribution is -0.132. The van der Waals surface area contributed by atoms with E-state index >= 15 is 0 Å². The SMILES string of the molecule is CCOC(=O)c1sc(N2C(=O)C(=O)/C(=C(/O)c3ccc(OCC)cc3)C2c2cccc(Br)c2)nc1C. The lowest BCUT2D eigenvalue weighted by atomic mass is 9.95. The molecule has 1 unspecified atom stereocenters. The average molecular weight is 571 g/mol. The molecule has 0 bridgehead atoms. The average Bonchev–Trinajstić information content (AvgIpc) is 3.36. The van der Waals surface area contributed by atoms with Crippen LogP contribution in [0, 0.1) is 6.92 Å². The molecule has 1 aliphatic rings. The normalized spacial score (nSPS) is 16.9. The topological polar surface area (TPSA) is 106 Å². The Morgan fingerprint density at radius 2 is 1.86 bits per heavy atom. The van der Waals surface area contributed by atoms with Gasteiger partial charge in [0.05, 0.1) is 30.5 Å². The molecule has 10 heteroatoms. The van der Waals surface area contributed by atoms with Crippen molar-refractivity contribution in [2.75, 3.05) is 18.1 Å². The molecule has 3 aromatic rings. The van der Waals surface area contributed by atoms with Gasteiger partial charge in [-0.3, -0.25) is 14.5 Å². The van der Waals surface area contributed by atoms with Gasteiger partial charge < -0.3 is 14.6 Å². The van der Waals surface area contributed by atoms with Crippen LogP contribution in [0.2, 0.25) is 0 Å². The first-order valence-electron chi connectivity index (χ1n) is 11.2. The van der Waals surface area contributed by atoms with Gasteiger partial charge in [0.2, 0.25) is 0 Å². The molecule has 0 saturated carbocycles. The summed E-state index contributed by atoms with van der Waals surface area (Å²) in [5.74, 6) is -1.96. The van der Waals surface area contributed by atoms with Gasteiger partial charge in [-0.25, -0.2) is 9.78 Å². The van der Waals surface area contributed by atoms with E-state index < -0.39 is 23.7 Å². The number of rotatable bonds is 7. The van der Waals surface area contributed by atoms with Crippen molar-refractivity contribution in [1.29, 1.82) is 0 Å². The van der Waals surface area contributed by atoms with Crippen LogP contribution in [-0.2, 0) is 14.3 Å². The number of anilines is 1. The molecular formula is C26H23BrN2O6S. The summed E-state index contributed by atoms with van der Waals surface area (Å²) >= 11 is 4.40. The lowest BCUT2D eigenvalue weighted by Gasteiger charge is -2.23. The fourth-order valence-electron chi connectivity index (χ4n) is 3.92. The number of hydrogen-bond acceptors (Lipinski definition) is 8. The Balaban J connectivity index is 1.88. The fourth-order valence-corrected chi connectivity index (χ4v) is 5.33. The number of nitrogens with zero attached hydrogens (tertiary/aromatic N) is 2. The molecule has 2 heterocycles. The number of ether oxygens (including phenoxy) is 2. The summed E-state index contributed by atoms with van der Waals surface area (Å²) in [5, 5.41) is 11.4. The van der Waals surface area contributed by atoms with E-state index in [4.69, 9.17) is 9.47 Å². The highest BCUT2D eigenvalue weighted by Gasteiger charge is 2.48. The Kier molecular flexibility index (Phi) is 7.56. The number of carbonyl (C=O) groups is 3. The van der Waals surface area contributed by atoms with E-state index in [0.29, 0.717) is 29.2 Å². The molecule has 2 aromatic carbocycles. The minimum Gasteiger partial charge on any atom is -0.507 e. The third-order valence-electron chi connectivity index (χ3n) is 5.50. The highest BCUT2D eigenvalue weighted by atomic mass is 79.9. The van der Waals surface area contributed by atoms with Crippen LogP contribution < -0.4 is 9.64 Å². The Hall–Kier alpha value is -3.50. The summed E-state index contributed by atoms with van der Waals surface area (Å²) in [6.45, 7) is 5.87. The van der Waals surface area contributed by atoms with Crippen LogP contribution in [0.25, 0.3) is 5.76 Å². The number of esters is 1. The molecule has 36 heavy (non-hydrogen) atoms. The Morgan fingerprint density at radius 1 is 1.14 bits per heavy atom. The zero-order chi connectivity index (χ0) is 26.0. The molecule has 1 amide bonds. The van der Waals surface area contributed by atoms with Crippen molar-refractivity contribution in [3.63, 3.8) is 0 Å². The van der Waals surface area contributed by atoms with Crippen molar-refractivity contribution >= 4 is 55.8 Å². The highest BCUT2D eigenvalue weighted by Crippen LogP contribution is 2.44. The van der Waals surface area contributed by atoms with Crippen molar-refractivity contribution in [3.05, 3.63) is 80.3 Å². The molecule has 0 aliphatic carbocycles. The van der Waals surface area contributed by atoms with Gasteiger partial charge in [-0.1, -0.05) is 39.4 Å². The summed E-state index contributed by atoms with van der Waals surface area (Å²) in [6.07, 6.45) is 0. The maximum Gasteiger partial charge on any atom is 0.350 e. The molecule has 186 valence electrons. The maximum atomic E-state index is 13.3. The predicted molar refractivity (Wildman–Crippen MR) is 139 cm³/mol. The molecule has 1 aliphatic heterocycles. The summed E-state index contributed by atoms with van der Waals surface area (Å²) in [7, 11) is 0. The van der Waals surface area contributed by atoms with Crippen LogP contribution in [-0.4, -0.2) is 41.0 Å². The van der Waals surface area contributed by atoms with E-state index in [1.165, 1.54) is 4.90 Å². The van der Waals surface area contributed by atoms with Crippen molar-refractivity contribution < 1.29 is 29.0 Å². The second-order valence-electron chi connectivity index (χ2n) is 7.81. The van der Waals surface area contributed by atoms with Crippen LogP contribution in [0.4, 0.5) is 5.13 Å². The zero-order valence-electron chi connectivity index (χ0n) is 19.8. The van der Waals surface area contributed by atoms with Gasteiger partial charge in [0.1, 0.15) is 16.4 Å². The number of ketones is 1. The Morgan fingerprint density at radius 3 is 2.50 bits per heavy atom. The summed E-state index contributed by atoms with van der Waals surface area (Å²) in [5.41, 5.74) is 1.25. The summed E-state index contributed by atoms with van der Waals surface area (Å²) in [4.78, 5) is 44.9. The number of aromatic nitrogens is 1. The van der Waals surface area contributed by atoms with Crippen LogP contribution in [0.5, 0.6) is 5.75 Å². The molecule has 1 atom stereocenters. The van der Waals surface area contributed by atoms with Gasteiger partial charge in [-0.15, -0.1) is 0 Å². The van der Waals surface area contributed by atoms with Gasteiger partial charge in [-0.2, -0.15) is 0 Å². The van der Waals surface area contributed by atoms with Gasteiger partial charge >= 0.3 is 11.9 Å². The van der Waals surface area contributed by atoms with Gasteiger partial charge in [0.15, 0.2) is 5.13 Å². The van der Waals surface area contributed by atoms with E-state index in [2.05, 4.69) is 20.9 Å². The van der Waals surface area contributed by atoms with Gasteiger partial charge in [-0.05, 0) is 62.7 Å². The molecular weight excluding hydrogens is 548 g/mol. The van der Waals surface area contributed by atoms with E-state index in [1.807, 2.05) is 13.0 Å². The van der Waals surface area contributed by atoms with E-state index in [1.54, 1.807) is 56.3 Å². The van der Waals surface area contributed by atoms with Crippen molar-refractivity contribution in [3.8, 4) is 5.75 Å². The van der Waals surface area contributed by atoms with Crippen LogP contribution >= 0.6 is 27.3 Å². The molecule has 0 radical (unpaired) electrons. The molecule has 1 saturated heterocycles. The number of hydrogen-bond donors (Lipinski definition) is 1. The lowest BCUT2D eigenvalue weighted by Crippen LogP contribution is -2.29. The quantitative estimate of drug-likeness (QED) is 0.175. The largest absolute Gasteiger partial charge is 0.507 e. The molecule has 1 N–H and O–H groups in total. The Bertz CT molecular complexity index is 1370. The first kappa shape index (κ1) is 25.6. The van der Waals surface area contributed by atoms with Crippen molar-refractivity contribution in [2.45, 2.75) is 26.8 Å². The number of Topliss-reactive ketones (excluding diaryl/α,β-unsaturated/α-hetero) is 1. The first-order chi connectivity index (χ1) is 17.3. The predicted octanol–water partition coefficient (Wildman–Crippen LogP) is 5.42. The second-order valence-corrected chi connectivity index (χ2v) is 9.71. The minimum absolute atomic E-state index is 0.0761. The third-order valence-corrected chi connectivity index (χ3v) is 7.13. The van der Waals surface area contributed by atoms with Crippen molar-refractivity contribution in [1.82, 2.24) is 4.98 Å². The monoisotopic (exact) mass is 570 g/mol. The highest BCUT2D eigenvalue weighted by molar-refractivity contribution is 9.10. The van der Waals surface area contributed by atoms with Crippen LogP contribution in [0.1, 0.15) is 46.4 Å². The van der Waals surface area contributed by atoms with Crippen LogP contribution in [0.15, 0.2) is 58.6 Å². The molecule has 1 aromatic heterocycles. The molecule has 8 nitrogen and oxygen atoms in total. The maximum absolute atomic E-state index is 13.3. The number of aliphatic hydroxyl groups excluding tert-OH is 1. The fraction of sp³-hybridized carbons (Fsp3) is 0.231. The standard InChI is InChI=1S/C26H23BrN2O6S/c1-4-34-18-11-9-15(10-12-18)21(30)19-20(16-7-6-8-17(27)13-16)29(24(32)22(19)31)26-28-14(3)23(36-26)25(33)35-5-2/h6-13,20,30H,4-5H2,1-3H3/b21-19+. The van der Waals surface area contributed by atoms with Gasteiger partial charge in [0, 0.05) is 10.0 Å². The van der Waals surface area contributed by atoms with E-state index in [9.17, 15) is 19.5 Å². The number of benzene rings is 2. The smallest absolute Gasteiger partial charge is 0.350 e. The van der Waals surface area contributed by atoms with Gasteiger partial charge in [0.25, 0.3) is 5.78 Å². The van der Waals surface area contributed by atoms with E-state index in [0.717, 1.165) is 15.8 Å². The molecule has 0 spiro atoms.